The summed E-state index contributed by atoms with van der Waals surface area (Å²) in [6.07, 6.45) is 0. The summed E-state index contributed by atoms with van der Waals surface area (Å²) >= 11 is 0. The van der Waals surface area contributed by atoms with Crippen LogP contribution in [0.2, 0.25) is 0 Å². The predicted molar refractivity (Wildman–Crippen MR) is 75.2 cm³/mol. The lowest BCUT2D eigenvalue weighted by Crippen LogP contribution is -2.16. The van der Waals surface area contributed by atoms with E-state index in [1.807, 2.05) is 0 Å². The number of fused-ring (bicyclic) bond motifs is 1. The number of carbonyl (C=O) groups excluding carboxylic acids is 1. The van der Waals surface area contributed by atoms with Gasteiger partial charge in [-0.15, -0.1) is 0 Å². The van der Waals surface area contributed by atoms with Gasteiger partial charge in [-0.25, -0.2) is 0 Å². The maximum Gasteiger partial charge on any atom is 0.259 e. The molecule has 1 aliphatic heterocycles. The molecule has 0 aliphatic carbocycles. The number of hydrogen-bond donors (Lipinski definition) is 3. The third-order valence-corrected chi connectivity index (χ3v) is 3.06. The summed E-state index contributed by atoms with van der Waals surface area (Å²) in [4.78, 5) is 12.1. The van der Waals surface area contributed by atoms with Gasteiger partial charge in [0.25, 0.3) is 5.91 Å². The second-order valence-electron chi connectivity index (χ2n) is 4.49. The number of ether oxygens (including phenoxy) is 2. The van der Waals surface area contributed by atoms with E-state index >= 15 is 0 Å². The van der Waals surface area contributed by atoms with Crippen molar-refractivity contribution in [3.63, 3.8) is 0 Å². The van der Waals surface area contributed by atoms with Crippen molar-refractivity contribution >= 4 is 11.6 Å². The van der Waals surface area contributed by atoms with Crippen molar-refractivity contribution < 1.29 is 24.5 Å². The molecular weight excluding hydrogens is 274 g/mol. The lowest BCUT2D eigenvalue weighted by molar-refractivity contribution is 0.102. The fourth-order valence-electron chi connectivity index (χ4n) is 2.03. The number of anilines is 1. The normalized spacial score (nSPS) is 12.8. The van der Waals surface area contributed by atoms with Gasteiger partial charge in [0, 0.05) is 11.8 Å². The summed E-state index contributed by atoms with van der Waals surface area (Å²) in [5.41, 5.74) is 0.497. The highest BCUT2D eigenvalue weighted by Gasteiger charge is 2.16. The third kappa shape index (κ3) is 2.55. The van der Waals surface area contributed by atoms with E-state index in [1.54, 1.807) is 18.2 Å². The summed E-state index contributed by atoms with van der Waals surface area (Å²) in [6, 6.07) is 9.22. The van der Waals surface area contributed by atoms with Crippen LogP contribution in [0.25, 0.3) is 0 Å². The number of para-hydroxylation sites is 1. The van der Waals surface area contributed by atoms with E-state index in [4.69, 9.17) is 9.47 Å². The number of carbonyl (C=O) groups is 1. The second kappa shape index (κ2) is 5.24. The largest absolute Gasteiger partial charge is 0.504 e. The number of amides is 1. The minimum Gasteiger partial charge on any atom is -0.504 e. The third-order valence-electron chi connectivity index (χ3n) is 3.06. The van der Waals surface area contributed by atoms with Crippen LogP contribution in [0.15, 0.2) is 36.4 Å². The number of benzene rings is 2. The van der Waals surface area contributed by atoms with Crippen molar-refractivity contribution in [1.82, 2.24) is 0 Å². The van der Waals surface area contributed by atoms with Gasteiger partial charge in [0.05, 0.1) is 5.56 Å². The van der Waals surface area contributed by atoms with E-state index in [0.29, 0.717) is 30.4 Å². The molecule has 3 N–H and O–H groups in total. The van der Waals surface area contributed by atoms with E-state index in [-0.39, 0.29) is 11.3 Å². The van der Waals surface area contributed by atoms with Gasteiger partial charge in [-0.2, -0.15) is 0 Å². The van der Waals surface area contributed by atoms with Crippen molar-refractivity contribution in [2.75, 3.05) is 18.5 Å². The molecule has 1 aliphatic rings. The Morgan fingerprint density at radius 3 is 2.62 bits per heavy atom. The monoisotopic (exact) mass is 287 g/mol. The van der Waals surface area contributed by atoms with Crippen molar-refractivity contribution in [3.05, 3.63) is 42.0 Å². The first kappa shape index (κ1) is 13.1. The van der Waals surface area contributed by atoms with Crippen LogP contribution >= 0.6 is 0 Å². The SMILES string of the molecule is O=C(Nc1ccc2c(c1)OCCO2)c1cccc(O)c1O. The molecule has 0 unspecified atom stereocenters. The van der Waals surface area contributed by atoms with Gasteiger partial charge in [0.15, 0.2) is 23.0 Å². The number of aromatic hydroxyl groups is 2. The molecule has 108 valence electrons. The van der Waals surface area contributed by atoms with Crippen LogP contribution in [-0.4, -0.2) is 29.3 Å². The molecule has 6 heteroatoms. The van der Waals surface area contributed by atoms with Gasteiger partial charge in [0.2, 0.25) is 0 Å². The lowest BCUT2D eigenvalue weighted by Gasteiger charge is -2.19. The highest BCUT2D eigenvalue weighted by atomic mass is 16.6. The summed E-state index contributed by atoms with van der Waals surface area (Å²) in [5, 5.41) is 21.7. The molecule has 0 atom stereocenters. The molecule has 0 saturated carbocycles. The van der Waals surface area contributed by atoms with E-state index in [0.717, 1.165) is 0 Å². The molecule has 21 heavy (non-hydrogen) atoms. The fraction of sp³-hybridized carbons (Fsp3) is 0.133. The van der Waals surface area contributed by atoms with Crippen LogP contribution in [0.4, 0.5) is 5.69 Å². The molecule has 0 spiro atoms. The zero-order chi connectivity index (χ0) is 14.8. The topological polar surface area (TPSA) is 88.0 Å². The Balaban J connectivity index is 1.83. The Kier molecular flexibility index (Phi) is 3.27. The molecule has 2 aromatic rings. The molecule has 6 nitrogen and oxygen atoms in total. The van der Waals surface area contributed by atoms with Crippen LogP contribution in [0.3, 0.4) is 0 Å². The summed E-state index contributed by atoms with van der Waals surface area (Å²) in [6.45, 7) is 0.952. The number of phenols is 2. The molecule has 2 aromatic carbocycles. The molecule has 3 rings (SSSR count). The highest BCUT2D eigenvalue weighted by molar-refractivity contribution is 6.06. The minimum absolute atomic E-state index is 0.00936. The maximum absolute atomic E-state index is 12.1. The van der Waals surface area contributed by atoms with Crippen LogP contribution in [-0.2, 0) is 0 Å². The van der Waals surface area contributed by atoms with Gasteiger partial charge in [-0.1, -0.05) is 6.07 Å². The summed E-state index contributed by atoms with van der Waals surface area (Å²) in [5.74, 6) is -0.143. The molecule has 0 aromatic heterocycles. The molecule has 1 amide bonds. The molecule has 0 saturated heterocycles. The number of rotatable bonds is 2. The molecule has 1 heterocycles. The number of nitrogens with one attached hydrogen (secondary N) is 1. The van der Waals surface area contributed by atoms with Crippen LogP contribution in [0.1, 0.15) is 10.4 Å². The first-order chi connectivity index (χ1) is 10.1. The Labute approximate surface area is 120 Å². The van der Waals surface area contributed by atoms with Gasteiger partial charge >= 0.3 is 0 Å². The van der Waals surface area contributed by atoms with Gasteiger partial charge in [0.1, 0.15) is 13.2 Å². The predicted octanol–water partition coefficient (Wildman–Crippen LogP) is 2.12. The lowest BCUT2D eigenvalue weighted by atomic mass is 10.1. The quantitative estimate of drug-likeness (QED) is 0.736. The van der Waals surface area contributed by atoms with Crippen molar-refractivity contribution in [2.24, 2.45) is 0 Å². The fourth-order valence-corrected chi connectivity index (χ4v) is 2.03. The minimum atomic E-state index is -0.528. The second-order valence-corrected chi connectivity index (χ2v) is 4.49. The zero-order valence-electron chi connectivity index (χ0n) is 11.0. The molecule has 0 bridgehead atoms. The highest BCUT2D eigenvalue weighted by Crippen LogP contribution is 2.33. The Hall–Kier alpha value is -2.89. The van der Waals surface area contributed by atoms with E-state index in [1.165, 1.54) is 18.2 Å². The Morgan fingerprint density at radius 2 is 1.81 bits per heavy atom. The first-order valence-electron chi connectivity index (χ1n) is 6.37. The van der Waals surface area contributed by atoms with Crippen LogP contribution < -0.4 is 14.8 Å². The van der Waals surface area contributed by atoms with E-state index in [2.05, 4.69) is 5.32 Å². The van der Waals surface area contributed by atoms with Gasteiger partial charge in [-0.05, 0) is 24.3 Å². The van der Waals surface area contributed by atoms with Crippen molar-refractivity contribution in [2.45, 2.75) is 0 Å². The standard InChI is InChI=1S/C15H13NO5/c17-11-3-1-2-10(14(11)18)15(19)16-9-4-5-12-13(8-9)21-7-6-20-12/h1-5,8,17-18H,6-7H2,(H,16,19). The van der Waals surface area contributed by atoms with Crippen molar-refractivity contribution in [3.8, 4) is 23.0 Å². The van der Waals surface area contributed by atoms with Crippen LogP contribution in [0.5, 0.6) is 23.0 Å². The maximum atomic E-state index is 12.1. The van der Waals surface area contributed by atoms with Gasteiger partial charge in [-0.3, -0.25) is 4.79 Å². The first-order valence-corrected chi connectivity index (χ1v) is 6.37. The summed E-state index contributed by atoms with van der Waals surface area (Å²) < 4.78 is 10.8. The van der Waals surface area contributed by atoms with Crippen LogP contribution in [0, 0.1) is 0 Å². The summed E-state index contributed by atoms with van der Waals surface area (Å²) in [7, 11) is 0. The average Bonchev–Trinajstić information content (AvgIpc) is 2.50. The molecular formula is C15H13NO5. The zero-order valence-corrected chi connectivity index (χ0v) is 11.0. The average molecular weight is 287 g/mol. The van der Waals surface area contributed by atoms with Crippen molar-refractivity contribution in [1.29, 1.82) is 0 Å². The Bertz CT molecular complexity index is 698. The number of hydrogen-bond acceptors (Lipinski definition) is 5. The van der Waals surface area contributed by atoms with Gasteiger partial charge < -0.3 is 25.0 Å². The molecule has 0 fully saturated rings. The molecule has 0 radical (unpaired) electrons. The van der Waals surface area contributed by atoms with E-state index in [9.17, 15) is 15.0 Å². The Morgan fingerprint density at radius 1 is 1.05 bits per heavy atom. The van der Waals surface area contributed by atoms with E-state index < -0.39 is 11.7 Å². The number of phenolic OH excluding ortho intramolecular Hbond substituents is 2. The smallest absolute Gasteiger partial charge is 0.259 e.